The van der Waals surface area contributed by atoms with Crippen molar-refractivity contribution in [2.24, 2.45) is 5.73 Å². The largest absolute Gasteiger partial charge is 0.472 e. The van der Waals surface area contributed by atoms with E-state index in [1.807, 2.05) is 0 Å². The zero-order chi connectivity index (χ0) is 64.4. The highest BCUT2D eigenvalue weighted by Crippen LogP contribution is 2.43. The average Bonchev–Trinajstić information content (AvgIpc) is 3.64. The maximum atomic E-state index is 12.7. The van der Waals surface area contributed by atoms with Gasteiger partial charge in [-0.1, -0.05) is 342 Å². The Kier molecular flexibility index (Phi) is 71.0. The van der Waals surface area contributed by atoms with Crippen LogP contribution in [-0.4, -0.2) is 49.3 Å². The van der Waals surface area contributed by atoms with Crippen molar-refractivity contribution >= 4 is 19.8 Å². The van der Waals surface area contributed by atoms with Gasteiger partial charge < -0.3 is 20.1 Å². The van der Waals surface area contributed by atoms with Gasteiger partial charge in [0.15, 0.2) is 6.10 Å². The first kappa shape index (κ1) is 85.7. The predicted octanol–water partition coefficient (Wildman–Crippen LogP) is 24.9. The Morgan fingerprint density at radius 3 is 0.955 bits per heavy atom. The molecule has 89 heavy (non-hydrogen) atoms. The second kappa shape index (κ2) is 73.7. The standard InChI is InChI=1S/C79H140NO8P/c1-3-5-7-9-11-13-15-17-19-21-23-25-27-29-31-32-33-34-35-36-37-38-39-40-41-42-43-44-46-47-49-51-53-55-57-59-61-63-65-67-69-71-78(81)85-75-77(76-87-89(83,84)86-74-73-80)88-79(82)72-70-68-66-64-62-60-58-56-54-52-50-48-45-30-28-26-24-22-20-18-16-14-12-10-8-6-4-2/h6,8,12,14,18,20-21,23-24,26,30,45,50,52,56,58,62,64,77H,3-5,7,9-11,13,15-17,19,22,25,27-29,31-44,46-49,51,53-55,57,59-61,63,65-76,80H2,1-2H3,(H,83,84)/b8-6-,14-12-,20-18-,23-21-,26-24-,45-30-,52-50-,58-56-,64-62-. The molecule has 9 nitrogen and oxygen atoms in total. The first-order chi connectivity index (χ1) is 43.8. The summed E-state index contributed by atoms with van der Waals surface area (Å²) in [5.74, 6) is -0.873. The third kappa shape index (κ3) is 73.6. The highest BCUT2D eigenvalue weighted by molar-refractivity contribution is 7.47. The van der Waals surface area contributed by atoms with Crippen LogP contribution in [0.25, 0.3) is 0 Å². The van der Waals surface area contributed by atoms with Crippen molar-refractivity contribution in [2.75, 3.05) is 26.4 Å². The van der Waals surface area contributed by atoms with Crippen LogP contribution in [0.4, 0.5) is 0 Å². The van der Waals surface area contributed by atoms with Gasteiger partial charge in [-0.2, -0.15) is 0 Å². The molecule has 0 spiro atoms. The molecule has 0 aliphatic carbocycles. The molecule has 0 aliphatic heterocycles. The number of ether oxygens (including phenoxy) is 2. The lowest BCUT2D eigenvalue weighted by atomic mass is 10.0. The minimum Gasteiger partial charge on any atom is -0.462 e. The van der Waals surface area contributed by atoms with Crippen LogP contribution in [0.3, 0.4) is 0 Å². The van der Waals surface area contributed by atoms with Crippen molar-refractivity contribution < 1.29 is 37.6 Å². The molecule has 0 aromatic rings. The van der Waals surface area contributed by atoms with Crippen LogP contribution >= 0.6 is 7.82 Å². The Morgan fingerprint density at radius 2 is 0.618 bits per heavy atom. The summed E-state index contributed by atoms with van der Waals surface area (Å²) in [7, 11) is -4.41. The number of carbonyl (C=O) groups excluding carboxylic acids is 2. The number of esters is 2. The maximum absolute atomic E-state index is 12.7. The second-order valence-corrected chi connectivity index (χ2v) is 26.2. The van der Waals surface area contributed by atoms with E-state index in [1.165, 1.54) is 231 Å². The Balaban J connectivity index is 3.84. The molecule has 3 N–H and O–H groups in total. The van der Waals surface area contributed by atoms with Gasteiger partial charge in [0.25, 0.3) is 0 Å². The summed E-state index contributed by atoms with van der Waals surface area (Å²) in [4.78, 5) is 35.3. The lowest BCUT2D eigenvalue weighted by molar-refractivity contribution is -0.161. The highest BCUT2D eigenvalue weighted by atomic mass is 31.2. The van der Waals surface area contributed by atoms with Crippen LogP contribution < -0.4 is 5.73 Å². The predicted molar refractivity (Wildman–Crippen MR) is 385 cm³/mol. The molecule has 0 amide bonds. The summed E-state index contributed by atoms with van der Waals surface area (Å²) in [6, 6.07) is 0. The van der Waals surface area contributed by atoms with Gasteiger partial charge in [0.1, 0.15) is 6.61 Å². The summed E-state index contributed by atoms with van der Waals surface area (Å²) in [6.45, 7) is 3.61. The number of rotatable bonds is 70. The van der Waals surface area contributed by atoms with E-state index in [1.54, 1.807) is 0 Å². The van der Waals surface area contributed by atoms with Gasteiger partial charge in [0.05, 0.1) is 13.2 Å². The Hall–Kier alpha value is -3.33. The number of phosphoric ester groups is 1. The molecule has 514 valence electrons. The van der Waals surface area contributed by atoms with E-state index in [4.69, 9.17) is 24.3 Å². The summed E-state index contributed by atoms with van der Waals surface area (Å²) in [6.07, 6.45) is 102. The average molecular weight is 1260 g/mol. The fraction of sp³-hybridized carbons (Fsp3) is 0.747. The first-order valence-electron chi connectivity index (χ1n) is 37.4. The van der Waals surface area contributed by atoms with Gasteiger partial charge in [-0.25, -0.2) is 4.57 Å². The van der Waals surface area contributed by atoms with Crippen LogP contribution in [0.1, 0.15) is 348 Å². The van der Waals surface area contributed by atoms with E-state index < -0.39 is 32.5 Å². The number of allylic oxidation sites excluding steroid dienone is 18. The van der Waals surface area contributed by atoms with E-state index in [0.29, 0.717) is 6.42 Å². The quantitative estimate of drug-likeness (QED) is 0.0264. The third-order valence-corrected chi connectivity index (χ3v) is 17.1. The molecule has 10 heteroatoms. The second-order valence-electron chi connectivity index (χ2n) is 24.8. The number of hydrogen-bond acceptors (Lipinski definition) is 8. The van der Waals surface area contributed by atoms with Gasteiger partial charge in [0, 0.05) is 19.4 Å². The normalized spacial score (nSPS) is 13.5. The molecule has 2 unspecified atom stereocenters. The molecule has 0 aliphatic rings. The molecular formula is C79H140NO8P. The van der Waals surface area contributed by atoms with Gasteiger partial charge in [0.2, 0.25) is 0 Å². The van der Waals surface area contributed by atoms with Crippen molar-refractivity contribution in [1.29, 1.82) is 0 Å². The van der Waals surface area contributed by atoms with Crippen molar-refractivity contribution in [3.8, 4) is 0 Å². The van der Waals surface area contributed by atoms with E-state index in [9.17, 15) is 19.0 Å². The molecule has 0 aromatic heterocycles. The maximum Gasteiger partial charge on any atom is 0.472 e. The van der Waals surface area contributed by atoms with Crippen molar-refractivity contribution in [2.45, 2.75) is 354 Å². The summed E-state index contributed by atoms with van der Waals surface area (Å²) >= 11 is 0. The minimum absolute atomic E-state index is 0.0418. The van der Waals surface area contributed by atoms with Gasteiger partial charge in [-0.15, -0.1) is 0 Å². The fourth-order valence-corrected chi connectivity index (χ4v) is 11.4. The molecule has 0 fully saturated rings. The lowest BCUT2D eigenvalue weighted by Crippen LogP contribution is -2.29. The molecule has 0 heterocycles. The minimum atomic E-state index is -4.41. The number of hydrogen-bond donors (Lipinski definition) is 2. The molecular weight excluding hydrogens is 1120 g/mol. The fourth-order valence-electron chi connectivity index (χ4n) is 10.7. The number of phosphoric acid groups is 1. The number of carbonyl (C=O) groups is 2. The summed E-state index contributed by atoms with van der Waals surface area (Å²) in [5.41, 5.74) is 5.40. The SMILES string of the molecule is CC/C=C\C/C=C\C/C=C\C/C=C\C/C=C\C/C=C\C/C=C\C/C=C\CCCCC(=O)OC(COC(=O)CCCCCCCCCCCCCCCCCCCCCCCCCCCCCCC/C=C\CCCCCCCCCC)COP(=O)(O)OCCN. The Bertz CT molecular complexity index is 1830. The molecule has 0 radical (unpaired) electrons. The Morgan fingerprint density at radius 1 is 0.348 bits per heavy atom. The molecule has 0 aromatic carbocycles. The highest BCUT2D eigenvalue weighted by Gasteiger charge is 2.26. The summed E-state index contributed by atoms with van der Waals surface area (Å²) in [5, 5.41) is 0. The van der Waals surface area contributed by atoms with E-state index in [0.717, 1.165) is 83.5 Å². The van der Waals surface area contributed by atoms with Crippen molar-refractivity contribution in [1.82, 2.24) is 0 Å². The molecule has 0 bridgehead atoms. The number of unbranched alkanes of at least 4 members (excludes halogenated alkanes) is 39. The van der Waals surface area contributed by atoms with E-state index in [2.05, 4.69) is 123 Å². The van der Waals surface area contributed by atoms with Crippen molar-refractivity contribution in [3.05, 3.63) is 109 Å². The molecule has 2 atom stereocenters. The van der Waals surface area contributed by atoms with E-state index in [-0.39, 0.29) is 32.6 Å². The van der Waals surface area contributed by atoms with Gasteiger partial charge in [-0.05, 0) is 103 Å². The van der Waals surface area contributed by atoms with Crippen LogP contribution in [0, 0.1) is 0 Å². The van der Waals surface area contributed by atoms with Crippen LogP contribution in [0.2, 0.25) is 0 Å². The van der Waals surface area contributed by atoms with Crippen LogP contribution in [0.5, 0.6) is 0 Å². The zero-order valence-corrected chi connectivity index (χ0v) is 58.8. The molecule has 0 saturated carbocycles. The topological polar surface area (TPSA) is 134 Å². The van der Waals surface area contributed by atoms with Crippen molar-refractivity contribution in [3.63, 3.8) is 0 Å². The van der Waals surface area contributed by atoms with Crippen LogP contribution in [0.15, 0.2) is 109 Å². The van der Waals surface area contributed by atoms with E-state index >= 15 is 0 Å². The third-order valence-electron chi connectivity index (χ3n) is 16.1. The first-order valence-corrected chi connectivity index (χ1v) is 38.9. The van der Waals surface area contributed by atoms with Crippen LogP contribution in [-0.2, 0) is 32.7 Å². The summed E-state index contributed by atoms with van der Waals surface area (Å²) < 4.78 is 33.1. The van der Waals surface area contributed by atoms with Gasteiger partial charge in [-0.3, -0.25) is 18.6 Å². The smallest absolute Gasteiger partial charge is 0.462 e. The molecule has 0 rings (SSSR count). The monoisotopic (exact) mass is 1260 g/mol. The molecule has 0 saturated heterocycles. The van der Waals surface area contributed by atoms with Gasteiger partial charge >= 0.3 is 19.8 Å². The Labute approximate surface area is 549 Å². The number of nitrogens with two attached hydrogens (primary N) is 1. The zero-order valence-electron chi connectivity index (χ0n) is 57.9. The lowest BCUT2D eigenvalue weighted by Gasteiger charge is -2.19.